The zero-order valence-corrected chi connectivity index (χ0v) is 17.9. The summed E-state index contributed by atoms with van der Waals surface area (Å²) >= 11 is 0. The highest BCUT2D eigenvalue weighted by Gasteiger charge is 2.27. The number of hydrogen-bond donors (Lipinski definition) is 1. The van der Waals surface area contributed by atoms with Crippen LogP contribution >= 0.6 is 0 Å². The molecule has 0 aliphatic carbocycles. The maximum atomic E-state index is 13.0. The summed E-state index contributed by atoms with van der Waals surface area (Å²) in [6.07, 6.45) is -0.567. The van der Waals surface area contributed by atoms with Crippen LogP contribution in [0.1, 0.15) is 56.1 Å². The fourth-order valence-electron chi connectivity index (χ4n) is 3.53. The number of ether oxygens (including phenoxy) is 1. The van der Waals surface area contributed by atoms with E-state index in [1.165, 1.54) is 6.92 Å². The van der Waals surface area contributed by atoms with Gasteiger partial charge in [-0.3, -0.25) is 14.3 Å². The number of benzene rings is 1. The minimum absolute atomic E-state index is 0.0305. The second-order valence-electron chi connectivity index (χ2n) is 7.98. The minimum Gasteiger partial charge on any atom is -0.481 e. The molecule has 0 saturated heterocycles. The van der Waals surface area contributed by atoms with Crippen LogP contribution in [0.4, 0.5) is 0 Å². The second-order valence-corrected chi connectivity index (χ2v) is 7.98. The first kappa shape index (κ1) is 20.9. The van der Waals surface area contributed by atoms with Gasteiger partial charge in [0.1, 0.15) is 5.75 Å². The monoisotopic (exact) mass is 398 g/mol. The summed E-state index contributed by atoms with van der Waals surface area (Å²) in [6.45, 7) is 11.7. The van der Waals surface area contributed by atoms with Crippen molar-refractivity contribution < 1.29 is 14.3 Å². The molecular weight excluding hydrogens is 368 g/mol. The SMILES string of the molecule is CC(=O)NCc1cc2n(n1)CCN(C(=O)[C@H](C)Oc1cc(C)ccc1C(C)C)C2. The number of aromatic nitrogens is 2. The van der Waals surface area contributed by atoms with Crippen LogP contribution < -0.4 is 10.1 Å². The first-order chi connectivity index (χ1) is 13.7. The third kappa shape index (κ3) is 4.96. The Kier molecular flexibility index (Phi) is 6.25. The number of carbonyl (C=O) groups excluding carboxylic acids is 2. The van der Waals surface area contributed by atoms with Crippen LogP contribution in [0.15, 0.2) is 24.3 Å². The average molecular weight is 399 g/mol. The van der Waals surface area contributed by atoms with E-state index >= 15 is 0 Å². The lowest BCUT2D eigenvalue weighted by Gasteiger charge is -2.30. The van der Waals surface area contributed by atoms with E-state index in [9.17, 15) is 9.59 Å². The minimum atomic E-state index is -0.567. The van der Waals surface area contributed by atoms with Crippen molar-refractivity contribution in [2.45, 2.75) is 66.3 Å². The fourth-order valence-corrected chi connectivity index (χ4v) is 3.53. The number of nitrogens with one attached hydrogen (secondary N) is 1. The summed E-state index contributed by atoms with van der Waals surface area (Å²) in [4.78, 5) is 25.9. The molecule has 0 saturated carbocycles. The van der Waals surface area contributed by atoms with Gasteiger partial charge in [-0.15, -0.1) is 0 Å². The van der Waals surface area contributed by atoms with Crippen molar-refractivity contribution in [2.75, 3.05) is 6.54 Å². The summed E-state index contributed by atoms with van der Waals surface area (Å²) in [5.74, 6) is 0.979. The Bertz CT molecular complexity index is 903. The van der Waals surface area contributed by atoms with Crippen molar-refractivity contribution in [3.8, 4) is 5.75 Å². The van der Waals surface area contributed by atoms with Gasteiger partial charge in [0.15, 0.2) is 6.10 Å². The second kappa shape index (κ2) is 8.68. The van der Waals surface area contributed by atoms with E-state index in [2.05, 4.69) is 36.4 Å². The van der Waals surface area contributed by atoms with E-state index in [-0.39, 0.29) is 11.8 Å². The van der Waals surface area contributed by atoms with Crippen LogP contribution in [0.25, 0.3) is 0 Å². The van der Waals surface area contributed by atoms with Crippen LogP contribution in [0.2, 0.25) is 0 Å². The summed E-state index contributed by atoms with van der Waals surface area (Å²) in [7, 11) is 0. The smallest absolute Gasteiger partial charge is 0.263 e. The topological polar surface area (TPSA) is 76.5 Å². The Hall–Kier alpha value is -2.83. The molecule has 0 radical (unpaired) electrons. The summed E-state index contributed by atoms with van der Waals surface area (Å²) in [5.41, 5.74) is 3.98. The number of aryl methyl sites for hydroxylation is 1. The van der Waals surface area contributed by atoms with E-state index in [1.807, 2.05) is 35.6 Å². The number of amides is 2. The van der Waals surface area contributed by atoms with Crippen LogP contribution in [0, 0.1) is 6.92 Å². The lowest BCUT2D eigenvalue weighted by molar-refractivity contribution is -0.139. The van der Waals surface area contributed by atoms with E-state index in [0.29, 0.717) is 32.1 Å². The zero-order chi connectivity index (χ0) is 21.1. The number of fused-ring (bicyclic) bond motifs is 1. The third-order valence-corrected chi connectivity index (χ3v) is 5.12. The molecule has 1 aliphatic rings. The Balaban J connectivity index is 1.67. The van der Waals surface area contributed by atoms with Gasteiger partial charge in [-0.05, 0) is 43.0 Å². The Labute approximate surface area is 172 Å². The standard InChI is InChI=1S/C22H30N4O3/c1-14(2)20-7-6-15(3)10-21(20)29-16(4)22(28)25-8-9-26-19(13-25)11-18(24-26)12-23-17(5)27/h6-7,10-11,14,16H,8-9,12-13H2,1-5H3,(H,23,27)/t16-/m0/s1. The third-order valence-electron chi connectivity index (χ3n) is 5.12. The average Bonchev–Trinajstić information content (AvgIpc) is 3.07. The maximum absolute atomic E-state index is 13.0. The van der Waals surface area contributed by atoms with E-state index in [4.69, 9.17) is 4.74 Å². The molecule has 1 aromatic heterocycles. The van der Waals surface area contributed by atoms with Gasteiger partial charge in [0.25, 0.3) is 5.91 Å². The number of nitrogens with zero attached hydrogens (tertiary/aromatic N) is 3. The molecule has 29 heavy (non-hydrogen) atoms. The molecule has 2 aromatic rings. The van der Waals surface area contributed by atoms with Crippen molar-refractivity contribution >= 4 is 11.8 Å². The highest BCUT2D eigenvalue weighted by Crippen LogP contribution is 2.28. The predicted molar refractivity (Wildman–Crippen MR) is 111 cm³/mol. The molecule has 1 aromatic carbocycles. The molecule has 7 nitrogen and oxygen atoms in total. The van der Waals surface area contributed by atoms with Crippen molar-refractivity contribution in [2.24, 2.45) is 0 Å². The van der Waals surface area contributed by atoms with Gasteiger partial charge in [-0.25, -0.2) is 0 Å². The zero-order valence-electron chi connectivity index (χ0n) is 17.9. The number of rotatable bonds is 6. The molecule has 0 fully saturated rings. The molecule has 0 bridgehead atoms. The first-order valence-electron chi connectivity index (χ1n) is 10.1. The van der Waals surface area contributed by atoms with Crippen LogP contribution in [0.5, 0.6) is 5.75 Å². The summed E-state index contributed by atoms with van der Waals surface area (Å²) < 4.78 is 8.01. The molecule has 1 aliphatic heterocycles. The first-order valence-corrected chi connectivity index (χ1v) is 10.1. The fraction of sp³-hybridized carbons (Fsp3) is 0.500. The molecule has 2 amide bonds. The number of carbonyl (C=O) groups is 2. The van der Waals surface area contributed by atoms with Gasteiger partial charge < -0.3 is 15.0 Å². The van der Waals surface area contributed by atoms with Gasteiger partial charge in [-0.1, -0.05) is 26.0 Å². The normalized spacial score (nSPS) is 14.5. The predicted octanol–water partition coefficient (Wildman–Crippen LogP) is 2.76. The van der Waals surface area contributed by atoms with Gasteiger partial charge in [-0.2, -0.15) is 5.10 Å². The highest BCUT2D eigenvalue weighted by atomic mass is 16.5. The molecule has 1 atom stereocenters. The van der Waals surface area contributed by atoms with Gasteiger partial charge >= 0.3 is 0 Å². The molecule has 156 valence electrons. The largest absolute Gasteiger partial charge is 0.481 e. The van der Waals surface area contributed by atoms with Crippen molar-refractivity contribution in [1.29, 1.82) is 0 Å². The Morgan fingerprint density at radius 3 is 2.66 bits per heavy atom. The summed E-state index contributed by atoms with van der Waals surface area (Å²) in [6, 6.07) is 8.08. The van der Waals surface area contributed by atoms with Crippen molar-refractivity contribution in [1.82, 2.24) is 20.0 Å². The number of hydrogen-bond acceptors (Lipinski definition) is 4. The molecule has 1 N–H and O–H groups in total. The van der Waals surface area contributed by atoms with Crippen LogP contribution in [-0.2, 0) is 29.2 Å². The van der Waals surface area contributed by atoms with Gasteiger partial charge in [0, 0.05) is 13.5 Å². The lowest BCUT2D eigenvalue weighted by atomic mass is 10.0. The van der Waals surface area contributed by atoms with Crippen molar-refractivity contribution in [3.05, 3.63) is 46.8 Å². The molecule has 2 heterocycles. The lowest BCUT2D eigenvalue weighted by Crippen LogP contribution is -2.44. The summed E-state index contributed by atoms with van der Waals surface area (Å²) in [5, 5.41) is 7.26. The quantitative estimate of drug-likeness (QED) is 0.812. The molecule has 0 spiro atoms. The molecule has 0 unspecified atom stereocenters. The van der Waals surface area contributed by atoms with Crippen LogP contribution in [0.3, 0.4) is 0 Å². The molecule has 7 heteroatoms. The van der Waals surface area contributed by atoms with Crippen LogP contribution in [-0.4, -0.2) is 39.1 Å². The molecule has 3 rings (SSSR count). The Morgan fingerprint density at radius 2 is 1.97 bits per heavy atom. The molecular formula is C22H30N4O3. The van der Waals surface area contributed by atoms with Crippen molar-refractivity contribution in [3.63, 3.8) is 0 Å². The van der Waals surface area contributed by atoms with E-state index in [1.54, 1.807) is 0 Å². The van der Waals surface area contributed by atoms with E-state index in [0.717, 1.165) is 28.3 Å². The Morgan fingerprint density at radius 1 is 1.21 bits per heavy atom. The maximum Gasteiger partial charge on any atom is 0.263 e. The van der Waals surface area contributed by atoms with Gasteiger partial charge in [0.2, 0.25) is 5.91 Å². The van der Waals surface area contributed by atoms with Gasteiger partial charge in [0.05, 0.1) is 31.0 Å². The highest BCUT2D eigenvalue weighted by molar-refractivity contribution is 5.81. The van der Waals surface area contributed by atoms with E-state index < -0.39 is 6.10 Å².